The van der Waals surface area contributed by atoms with Crippen LogP contribution < -0.4 is 5.32 Å². The summed E-state index contributed by atoms with van der Waals surface area (Å²) < 4.78 is 0. The average Bonchev–Trinajstić information content (AvgIpc) is 2.53. The number of nitrogens with one attached hydrogen (secondary N) is 1. The third kappa shape index (κ3) is 1.44. The Labute approximate surface area is 71.8 Å². The second kappa shape index (κ2) is 3.85. The zero-order valence-corrected chi connectivity index (χ0v) is 7.29. The standard InChI is InChI=1S/C7H6N2O.C2H6/c10-7-5-2-1-3-8-6(5)4-9-7;1-2/h1-3H,4H2,(H,9,10);1-2H3. The van der Waals surface area contributed by atoms with Crippen molar-refractivity contribution in [3.8, 4) is 0 Å². The summed E-state index contributed by atoms with van der Waals surface area (Å²) in [7, 11) is 0. The molecule has 0 unspecified atom stereocenters. The average molecular weight is 164 g/mol. The second-order valence-corrected chi connectivity index (χ2v) is 2.18. The van der Waals surface area contributed by atoms with Crippen molar-refractivity contribution in [2.45, 2.75) is 20.4 Å². The van der Waals surface area contributed by atoms with Crippen LogP contribution in [0.2, 0.25) is 0 Å². The zero-order valence-electron chi connectivity index (χ0n) is 7.29. The minimum Gasteiger partial charge on any atom is -0.346 e. The summed E-state index contributed by atoms with van der Waals surface area (Å²) in [6, 6.07) is 3.55. The van der Waals surface area contributed by atoms with E-state index in [2.05, 4.69) is 10.3 Å². The molecular weight excluding hydrogens is 152 g/mol. The van der Waals surface area contributed by atoms with Crippen LogP contribution in [-0.4, -0.2) is 10.9 Å². The summed E-state index contributed by atoms with van der Waals surface area (Å²) in [4.78, 5) is 14.9. The molecule has 12 heavy (non-hydrogen) atoms. The molecule has 0 radical (unpaired) electrons. The van der Waals surface area contributed by atoms with E-state index in [1.54, 1.807) is 18.3 Å². The van der Waals surface area contributed by atoms with Gasteiger partial charge >= 0.3 is 0 Å². The normalized spacial score (nSPS) is 12.7. The molecule has 0 saturated carbocycles. The number of pyridine rings is 1. The van der Waals surface area contributed by atoms with Crippen LogP contribution in [0.4, 0.5) is 0 Å². The fourth-order valence-electron chi connectivity index (χ4n) is 1.04. The molecule has 3 heteroatoms. The molecule has 0 bridgehead atoms. The van der Waals surface area contributed by atoms with Crippen molar-refractivity contribution >= 4 is 5.91 Å². The number of hydrogen-bond donors (Lipinski definition) is 1. The van der Waals surface area contributed by atoms with Crippen LogP contribution in [0, 0.1) is 0 Å². The smallest absolute Gasteiger partial charge is 0.253 e. The van der Waals surface area contributed by atoms with Crippen molar-refractivity contribution in [3.63, 3.8) is 0 Å². The van der Waals surface area contributed by atoms with Gasteiger partial charge in [-0.2, -0.15) is 0 Å². The number of amides is 1. The molecule has 1 aromatic rings. The summed E-state index contributed by atoms with van der Waals surface area (Å²) in [5.41, 5.74) is 1.56. The molecular formula is C9H12N2O. The van der Waals surface area contributed by atoms with Crippen LogP contribution >= 0.6 is 0 Å². The van der Waals surface area contributed by atoms with Gasteiger partial charge in [0.25, 0.3) is 5.91 Å². The van der Waals surface area contributed by atoms with Gasteiger partial charge in [0.15, 0.2) is 0 Å². The minimum atomic E-state index is -0.0110. The molecule has 1 N–H and O–H groups in total. The Bertz CT molecular complexity index is 284. The number of carbonyl (C=O) groups excluding carboxylic acids is 1. The van der Waals surface area contributed by atoms with Gasteiger partial charge in [0, 0.05) is 6.20 Å². The highest BCUT2D eigenvalue weighted by molar-refractivity contribution is 5.97. The van der Waals surface area contributed by atoms with E-state index < -0.39 is 0 Å². The van der Waals surface area contributed by atoms with Gasteiger partial charge in [0.05, 0.1) is 17.8 Å². The first-order chi connectivity index (χ1) is 5.88. The molecule has 0 atom stereocenters. The molecule has 0 aliphatic carbocycles. The number of hydrogen-bond acceptors (Lipinski definition) is 2. The van der Waals surface area contributed by atoms with Crippen molar-refractivity contribution in [2.75, 3.05) is 0 Å². The summed E-state index contributed by atoms with van der Waals surface area (Å²) in [5.74, 6) is -0.0110. The van der Waals surface area contributed by atoms with E-state index in [-0.39, 0.29) is 5.91 Å². The maximum absolute atomic E-state index is 10.9. The summed E-state index contributed by atoms with van der Waals surface area (Å²) >= 11 is 0. The van der Waals surface area contributed by atoms with Gasteiger partial charge < -0.3 is 5.32 Å². The molecule has 0 spiro atoms. The predicted molar refractivity (Wildman–Crippen MR) is 46.8 cm³/mol. The predicted octanol–water partition coefficient (Wildman–Crippen LogP) is 1.35. The quantitative estimate of drug-likeness (QED) is 0.629. The lowest BCUT2D eigenvalue weighted by Crippen LogP contribution is -2.12. The largest absolute Gasteiger partial charge is 0.346 e. The number of carbonyl (C=O) groups is 1. The number of fused-ring (bicyclic) bond motifs is 1. The Balaban J connectivity index is 0.000000336. The van der Waals surface area contributed by atoms with Crippen LogP contribution in [0.3, 0.4) is 0 Å². The van der Waals surface area contributed by atoms with Gasteiger partial charge in [0.2, 0.25) is 0 Å². The van der Waals surface area contributed by atoms with E-state index in [1.165, 1.54) is 0 Å². The summed E-state index contributed by atoms with van der Waals surface area (Å²) in [6.07, 6.45) is 1.69. The van der Waals surface area contributed by atoms with Gasteiger partial charge in [0.1, 0.15) is 0 Å². The maximum atomic E-state index is 10.9. The third-order valence-electron chi connectivity index (χ3n) is 1.55. The van der Waals surface area contributed by atoms with E-state index in [4.69, 9.17) is 0 Å². The molecule has 1 amide bonds. The van der Waals surface area contributed by atoms with E-state index in [0.29, 0.717) is 12.1 Å². The molecule has 0 aromatic carbocycles. The van der Waals surface area contributed by atoms with Crippen molar-refractivity contribution in [1.29, 1.82) is 0 Å². The highest BCUT2D eigenvalue weighted by Crippen LogP contribution is 2.10. The van der Waals surface area contributed by atoms with Crippen molar-refractivity contribution in [2.24, 2.45) is 0 Å². The first-order valence-electron chi connectivity index (χ1n) is 4.10. The Hall–Kier alpha value is -1.38. The number of rotatable bonds is 0. The molecule has 1 aliphatic heterocycles. The Morgan fingerprint density at radius 1 is 1.50 bits per heavy atom. The number of aromatic nitrogens is 1. The van der Waals surface area contributed by atoms with Crippen LogP contribution in [0.15, 0.2) is 18.3 Å². The second-order valence-electron chi connectivity index (χ2n) is 2.18. The van der Waals surface area contributed by atoms with Crippen LogP contribution in [-0.2, 0) is 6.54 Å². The SMILES string of the molecule is CC.O=C1NCc2ncccc21. The highest BCUT2D eigenvalue weighted by atomic mass is 16.1. The topological polar surface area (TPSA) is 42.0 Å². The van der Waals surface area contributed by atoms with Crippen molar-refractivity contribution < 1.29 is 4.79 Å². The molecule has 1 aromatic heterocycles. The monoisotopic (exact) mass is 164 g/mol. The van der Waals surface area contributed by atoms with E-state index in [0.717, 1.165) is 5.69 Å². The van der Waals surface area contributed by atoms with Crippen LogP contribution in [0.25, 0.3) is 0 Å². The molecule has 2 rings (SSSR count). The van der Waals surface area contributed by atoms with E-state index in [1.807, 2.05) is 13.8 Å². The fourth-order valence-corrected chi connectivity index (χ4v) is 1.04. The molecule has 0 fully saturated rings. The third-order valence-corrected chi connectivity index (χ3v) is 1.55. The van der Waals surface area contributed by atoms with Gasteiger partial charge in [-0.3, -0.25) is 9.78 Å². The highest BCUT2D eigenvalue weighted by Gasteiger charge is 2.17. The first kappa shape index (κ1) is 8.71. The van der Waals surface area contributed by atoms with Crippen molar-refractivity contribution in [3.05, 3.63) is 29.6 Å². The lowest BCUT2D eigenvalue weighted by atomic mass is 10.2. The molecule has 64 valence electrons. The Morgan fingerprint density at radius 3 is 2.92 bits per heavy atom. The van der Waals surface area contributed by atoms with E-state index in [9.17, 15) is 4.79 Å². The van der Waals surface area contributed by atoms with E-state index >= 15 is 0 Å². The number of nitrogens with zero attached hydrogens (tertiary/aromatic N) is 1. The summed E-state index contributed by atoms with van der Waals surface area (Å²) in [5, 5.41) is 2.68. The first-order valence-corrected chi connectivity index (χ1v) is 4.10. The molecule has 0 saturated heterocycles. The summed E-state index contributed by atoms with van der Waals surface area (Å²) in [6.45, 7) is 4.58. The van der Waals surface area contributed by atoms with Crippen LogP contribution in [0.5, 0.6) is 0 Å². The fraction of sp³-hybridized carbons (Fsp3) is 0.333. The zero-order chi connectivity index (χ0) is 8.97. The Kier molecular flexibility index (Phi) is 2.80. The molecule has 1 aliphatic rings. The van der Waals surface area contributed by atoms with Gasteiger partial charge in [-0.25, -0.2) is 0 Å². The Morgan fingerprint density at radius 2 is 2.25 bits per heavy atom. The van der Waals surface area contributed by atoms with Crippen molar-refractivity contribution in [1.82, 2.24) is 10.3 Å². The minimum absolute atomic E-state index is 0.0110. The van der Waals surface area contributed by atoms with Gasteiger partial charge in [-0.05, 0) is 12.1 Å². The molecule has 2 heterocycles. The molecule has 3 nitrogen and oxygen atoms in total. The van der Waals surface area contributed by atoms with Gasteiger partial charge in [-0.1, -0.05) is 13.8 Å². The van der Waals surface area contributed by atoms with Gasteiger partial charge in [-0.15, -0.1) is 0 Å². The van der Waals surface area contributed by atoms with Crippen LogP contribution in [0.1, 0.15) is 29.9 Å². The maximum Gasteiger partial charge on any atom is 0.253 e. The lowest BCUT2D eigenvalue weighted by molar-refractivity contribution is 0.0966. The lowest BCUT2D eigenvalue weighted by Gasteiger charge is -1.89.